The number of hydrogen-bond acceptors (Lipinski definition) is 5. The summed E-state index contributed by atoms with van der Waals surface area (Å²) in [5, 5.41) is 6.78. The van der Waals surface area contributed by atoms with E-state index in [0.29, 0.717) is 5.75 Å². The maximum absolute atomic E-state index is 12.7. The highest BCUT2D eigenvalue weighted by atomic mass is 16.5. The number of nitrogens with zero attached hydrogens (tertiary/aromatic N) is 1. The lowest BCUT2D eigenvalue weighted by Crippen LogP contribution is -2.62. The predicted octanol–water partition coefficient (Wildman–Crippen LogP) is 2.15. The van der Waals surface area contributed by atoms with E-state index in [-0.39, 0.29) is 42.1 Å². The van der Waals surface area contributed by atoms with Crippen molar-refractivity contribution >= 4 is 17.6 Å². The van der Waals surface area contributed by atoms with Gasteiger partial charge in [-0.15, -0.1) is 0 Å². The summed E-state index contributed by atoms with van der Waals surface area (Å²) >= 11 is 0. The van der Waals surface area contributed by atoms with E-state index in [4.69, 9.17) is 4.74 Å². The molecule has 0 radical (unpaired) electrons. The summed E-state index contributed by atoms with van der Waals surface area (Å²) < 4.78 is 5.28. The standard InChI is InChI=1S/C20H29N3O3/c1-13-6-7-16-15(8-13)23(12-18(25)26-16)11-17(24)21-14-9-19(2,3)22-20(4,5)10-14/h6-8,14,22H,9-12H2,1-5H3,(H,21,24). The van der Waals surface area contributed by atoms with E-state index < -0.39 is 0 Å². The van der Waals surface area contributed by atoms with Gasteiger partial charge in [-0.05, 0) is 65.2 Å². The molecular formula is C20H29N3O3. The van der Waals surface area contributed by atoms with Crippen LogP contribution in [0.5, 0.6) is 5.75 Å². The molecule has 6 heteroatoms. The molecule has 1 amide bonds. The van der Waals surface area contributed by atoms with Crippen molar-refractivity contribution in [1.82, 2.24) is 10.6 Å². The molecule has 0 spiro atoms. The summed E-state index contributed by atoms with van der Waals surface area (Å²) in [6, 6.07) is 5.74. The molecule has 0 saturated carbocycles. The fraction of sp³-hybridized carbons (Fsp3) is 0.600. The summed E-state index contributed by atoms with van der Waals surface area (Å²) in [7, 11) is 0. The van der Waals surface area contributed by atoms with Crippen LogP contribution < -0.4 is 20.3 Å². The highest BCUT2D eigenvalue weighted by molar-refractivity contribution is 5.89. The minimum Gasteiger partial charge on any atom is -0.423 e. The Morgan fingerprint density at radius 1 is 1.27 bits per heavy atom. The van der Waals surface area contributed by atoms with Crippen molar-refractivity contribution < 1.29 is 14.3 Å². The van der Waals surface area contributed by atoms with Crippen molar-refractivity contribution in [1.29, 1.82) is 0 Å². The predicted molar refractivity (Wildman–Crippen MR) is 101 cm³/mol. The van der Waals surface area contributed by atoms with Crippen molar-refractivity contribution in [2.24, 2.45) is 0 Å². The molecule has 1 fully saturated rings. The Bertz CT molecular complexity index is 711. The Balaban J connectivity index is 1.69. The lowest BCUT2D eigenvalue weighted by molar-refractivity contribution is -0.133. The summed E-state index contributed by atoms with van der Waals surface area (Å²) in [5.74, 6) is 0.118. The number of carbonyl (C=O) groups excluding carboxylic acids is 2. The molecule has 0 aliphatic carbocycles. The van der Waals surface area contributed by atoms with Crippen LogP contribution in [-0.2, 0) is 9.59 Å². The molecule has 2 aliphatic heterocycles. The molecule has 1 aromatic carbocycles. The molecule has 2 N–H and O–H groups in total. The van der Waals surface area contributed by atoms with Crippen molar-refractivity contribution in [3.63, 3.8) is 0 Å². The Hall–Kier alpha value is -2.08. The lowest BCUT2D eigenvalue weighted by Gasteiger charge is -2.46. The number of anilines is 1. The molecule has 0 aromatic heterocycles. The topological polar surface area (TPSA) is 70.7 Å². The maximum Gasteiger partial charge on any atom is 0.331 e. The number of amides is 1. The van der Waals surface area contributed by atoms with E-state index in [0.717, 1.165) is 24.1 Å². The molecule has 0 bridgehead atoms. The first-order chi connectivity index (χ1) is 12.0. The van der Waals surface area contributed by atoms with Gasteiger partial charge in [0.2, 0.25) is 5.91 Å². The second-order valence-electron chi connectivity index (χ2n) is 8.87. The van der Waals surface area contributed by atoms with Gasteiger partial charge in [0.05, 0.1) is 12.2 Å². The van der Waals surface area contributed by atoms with Crippen molar-refractivity contribution in [3.05, 3.63) is 23.8 Å². The van der Waals surface area contributed by atoms with Gasteiger partial charge in [-0.25, -0.2) is 4.79 Å². The van der Waals surface area contributed by atoms with E-state index in [2.05, 4.69) is 38.3 Å². The summed E-state index contributed by atoms with van der Waals surface area (Å²) in [6.45, 7) is 10.9. The molecule has 6 nitrogen and oxygen atoms in total. The second kappa shape index (κ2) is 6.58. The minimum absolute atomic E-state index is 0.0294. The van der Waals surface area contributed by atoms with Crippen LogP contribution in [0.3, 0.4) is 0 Å². The Labute approximate surface area is 155 Å². The Morgan fingerprint density at radius 3 is 2.58 bits per heavy atom. The molecule has 2 heterocycles. The van der Waals surface area contributed by atoms with E-state index in [9.17, 15) is 9.59 Å². The number of rotatable bonds is 3. The first kappa shape index (κ1) is 18.7. The van der Waals surface area contributed by atoms with Gasteiger partial charge in [-0.1, -0.05) is 6.07 Å². The van der Waals surface area contributed by atoms with Crippen LogP contribution in [0.2, 0.25) is 0 Å². The number of nitrogens with one attached hydrogen (secondary N) is 2. The van der Waals surface area contributed by atoms with Crippen molar-refractivity contribution in [2.45, 2.75) is 64.6 Å². The molecule has 1 saturated heterocycles. The third-order valence-corrected chi connectivity index (χ3v) is 4.89. The van der Waals surface area contributed by atoms with Crippen LogP contribution in [0.4, 0.5) is 5.69 Å². The molecular weight excluding hydrogens is 330 g/mol. The fourth-order valence-corrected chi connectivity index (χ4v) is 4.37. The largest absolute Gasteiger partial charge is 0.423 e. The zero-order valence-electron chi connectivity index (χ0n) is 16.3. The molecule has 142 valence electrons. The van der Waals surface area contributed by atoms with Crippen LogP contribution >= 0.6 is 0 Å². The van der Waals surface area contributed by atoms with Crippen LogP contribution in [0, 0.1) is 6.92 Å². The average molecular weight is 359 g/mol. The SMILES string of the molecule is Cc1ccc2c(c1)N(CC(=O)NC1CC(C)(C)NC(C)(C)C1)CC(=O)O2. The van der Waals surface area contributed by atoms with Gasteiger partial charge in [0.15, 0.2) is 5.75 Å². The number of esters is 1. The molecule has 2 aliphatic rings. The maximum atomic E-state index is 12.7. The number of carbonyl (C=O) groups is 2. The van der Waals surface area contributed by atoms with Gasteiger partial charge in [0.25, 0.3) is 0 Å². The normalized spacial score (nSPS) is 21.7. The molecule has 3 rings (SSSR count). The van der Waals surface area contributed by atoms with Gasteiger partial charge >= 0.3 is 5.97 Å². The highest BCUT2D eigenvalue weighted by Crippen LogP contribution is 2.33. The summed E-state index contributed by atoms with van der Waals surface area (Å²) in [5.41, 5.74) is 1.80. The number of piperidine rings is 1. The number of fused-ring (bicyclic) bond motifs is 1. The average Bonchev–Trinajstić information content (AvgIpc) is 2.44. The van der Waals surface area contributed by atoms with Gasteiger partial charge < -0.3 is 20.3 Å². The molecule has 26 heavy (non-hydrogen) atoms. The third-order valence-electron chi connectivity index (χ3n) is 4.89. The van der Waals surface area contributed by atoms with Crippen molar-refractivity contribution in [2.75, 3.05) is 18.0 Å². The first-order valence-corrected chi connectivity index (χ1v) is 9.18. The second-order valence-corrected chi connectivity index (χ2v) is 8.87. The van der Waals surface area contributed by atoms with Gasteiger partial charge in [0, 0.05) is 17.1 Å². The number of aryl methyl sites for hydroxylation is 1. The van der Waals surface area contributed by atoms with E-state index in [1.54, 1.807) is 11.0 Å². The summed E-state index contributed by atoms with van der Waals surface area (Å²) in [6.07, 6.45) is 1.75. The first-order valence-electron chi connectivity index (χ1n) is 9.18. The minimum atomic E-state index is -0.335. The smallest absolute Gasteiger partial charge is 0.331 e. The zero-order valence-corrected chi connectivity index (χ0v) is 16.3. The number of ether oxygens (including phenoxy) is 1. The quantitative estimate of drug-likeness (QED) is 0.639. The van der Waals surface area contributed by atoms with Crippen LogP contribution in [0.15, 0.2) is 18.2 Å². The molecule has 0 atom stereocenters. The monoisotopic (exact) mass is 359 g/mol. The van der Waals surface area contributed by atoms with E-state index in [1.807, 2.05) is 19.1 Å². The van der Waals surface area contributed by atoms with Crippen molar-refractivity contribution in [3.8, 4) is 5.75 Å². The van der Waals surface area contributed by atoms with Gasteiger partial charge in [-0.3, -0.25) is 4.79 Å². The number of benzene rings is 1. The Kier molecular flexibility index (Phi) is 4.73. The van der Waals surface area contributed by atoms with E-state index in [1.165, 1.54) is 0 Å². The fourth-order valence-electron chi connectivity index (χ4n) is 4.37. The third kappa shape index (κ3) is 4.36. The lowest BCUT2D eigenvalue weighted by atomic mass is 9.79. The highest BCUT2D eigenvalue weighted by Gasteiger charge is 2.38. The van der Waals surface area contributed by atoms with E-state index >= 15 is 0 Å². The van der Waals surface area contributed by atoms with Crippen LogP contribution in [0.25, 0.3) is 0 Å². The van der Waals surface area contributed by atoms with Gasteiger partial charge in [0.1, 0.15) is 6.54 Å². The number of hydrogen-bond donors (Lipinski definition) is 2. The summed E-state index contributed by atoms with van der Waals surface area (Å²) in [4.78, 5) is 26.3. The van der Waals surface area contributed by atoms with Crippen LogP contribution in [-0.4, -0.2) is 42.1 Å². The molecule has 0 unspecified atom stereocenters. The zero-order chi connectivity index (χ0) is 19.1. The molecule has 1 aromatic rings. The Morgan fingerprint density at radius 2 is 1.92 bits per heavy atom. The van der Waals surface area contributed by atoms with Crippen LogP contribution in [0.1, 0.15) is 46.1 Å². The van der Waals surface area contributed by atoms with Gasteiger partial charge in [-0.2, -0.15) is 0 Å².